The second-order valence-corrected chi connectivity index (χ2v) is 30.4. The van der Waals surface area contributed by atoms with Crippen LogP contribution in [0.3, 0.4) is 0 Å². The first kappa shape index (κ1) is 104. The van der Waals surface area contributed by atoms with Gasteiger partial charge in [-0.05, 0) is 154 Å². The number of phosphoric ester groups is 2. The third-order valence-corrected chi connectivity index (χ3v) is 19.0. The van der Waals surface area contributed by atoms with Gasteiger partial charge in [0.2, 0.25) is 0 Å². The predicted molar refractivity (Wildman–Crippen MR) is 454 cm³/mol. The van der Waals surface area contributed by atoms with Gasteiger partial charge in [-0.3, -0.25) is 32.5 Å². The lowest BCUT2D eigenvalue weighted by atomic mass is 10.0. The number of allylic oxidation sites excluding steroid dienone is 30. The first-order valence-electron chi connectivity index (χ1n) is 42.1. The molecule has 0 heterocycles. The molecule has 0 radical (unpaired) electrons. The van der Waals surface area contributed by atoms with Crippen molar-refractivity contribution in [2.75, 3.05) is 39.6 Å². The van der Waals surface area contributed by atoms with Crippen LogP contribution in [0, 0.1) is 0 Å². The van der Waals surface area contributed by atoms with Crippen LogP contribution in [-0.4, -0.2) is 95.9 Å². The zero-order valence-corrected chi connectivity index (χ0v) is 69.7. The molecular weight excluding hydrogens is 1410 g/mol. The number of rotatable bonds is 78. The van der Waals surface area contributed by atoms with E-state index in [-0.39, 0.29) is 19.3 Å². The fourth-order valence-corrected chi connectivity index (χ4v) is 12.4. The molecule has 0 aromatic rings. The highest BCUT2D eigenvalue weighted by atomic mass is 31.2. The average molecular weight is 1560 g/mol. The summed E-state index contributed by atoms with van der Waals surface area (Å²) in [5.41, 5.74) is 0. The second-order valence-electron chi connectivity index (χ2n) is 27.5. The van der Waals surface area contributed by atoms with Crippen LogP contribution in [-0.2, 0) is 55.8 Å². The van der Waals surface area contributed by atoms with Crippen LogP contribution in [0.4, 0.5) is 0 Å². The third kappa shape index (κ3) is 83.4. The summed E-state index contributed by atoms with van der Waals surface area (Å²) in [4.78, 5) is 58.8. The molecule has 0 saturated heterocycles. The van der Waals surface area contributed by atoms with E-state index in [1.54, 1.807) is 0 Å². The summed E-state index contributed by atoms with van der Waals surface area (Å²) in [5.74, 6) is -1.62. The number of phosphoric acid groups is 2. The number of esters is 3. The van der Waals surface area contributed by atoms with Crippen LogP contribution >= 0.6 is 15.6 Å². The Bertz CT molecular complexity index is 2710. The Morgan fingerprint density at radius 1 is 0.257 bits per heavy atom. The third-order valence-electron chi connectivity index (χ3n) is 17.1. The Balaban J connectivity index is 4.61. The maximum Gasteiger partial charge on any atom is 0.472 e. The van der Waals surface area contributed by atoms with Crippen molar-refractivity contribution in [1.82, 2.24) is 0 Å². The van der Waals surface area contributed by atoms with Gasteiger partial charge in [0.1, 0.15) is 25.4 Å². The van der Waals surface area contributed by atoms with E-state index >= 15 is 0 Å². The monoisotopic (exact) mass is 1560 g/mol. The van der Waals surface area contributed by atoms with Gasteiger partial charge in [-0.2, -0.15) is 0 Å². The topological polar surface area (TPSA) is 231 Å². The zero-order valence-electron chi connectivity index (χ0n) is 67.9. The molecule has 0 aromatic carbocycles. The molecule has 4 N–H and O–H groups in total. The first-order chi connectivity index (χ1) is 53.2. The number of ether oxygens (including phenoxy) is 3. The maximum atomic E-state index is 13.0. The lowest BCUT2D eigenvalue weighted by Gasteiger charge is -2.21. The molecule has 0 aromatic heterocycles. The molecule has 620 valence electrons. The summed E-state index contributed by atoms with van der Waals surface area (Å²) in [6, 6.07) is 0. The van der Waals surface area contributed by atoms with Crippen molar-refractivity contribution in [1.29, 1.82) is 0 Å². The second kappa shape index (κ2) is 82.1. The molecule has 0 rings (SSSR count). The van der Waals surface area contributed by atoms with Crippen molar-refractivity contribution in [3.05, 3.63) is 182 Å². The van der Waals surface area contributed by atoms with Crippen molar-refractivity contribution in [3.63, 3.8) is 0 Å². The number of unbranched alkanes of at least 4 members (excludes halogenated alkanes) is 25. The fourth-order valence-electron chi connectivity index (χ4n) is 10.8. The van der Waals surface area contributed by atoms with Crippen molar-refractivity contribution in [2.45, 2.75) is 334 Å². The minimum Gasteiger partial charge on any atom is -0.463 e. The number of hydrogen-bond donors (Lipinski definition) is 4. The van der Waals surface area contributed by atoms with Crippen molar-refractivity contribution in [2.24, 2.45) is 0 Å². The molecule has 0 bridgehead atoms. The number of carbonyl (C=O) groups is 3. The highest BCUT2D eigenvalue weighted by molar-refractivity contribution is 7.47. The quantitative estimate of drug-likeness (QED) is 0.0146. The summed E-state index contributed by atoms with van der Waals surface area (Å²) < 4.78 is 61.3. The van der Waals surface area contributed by atoms with Gasteiger partial charge in [0.15, 0.2) is 6.10 Å². The molecule has 5 atom stereocenters. The van der Waals surface area contributed by atoms with Crippen LogP contribution in [0.15, 0.2) is 182 Å². The standard InChI is InChI=1S/C91H150O16P2/c1-4-7-10-13-16-19-22-25-28-31-34-37-38-39-40-41-42-43-44-45-46-49-51-53-56-59-62-65-68-71-74-77-89(94)101-80-86(92)81-103-108(97,98)104-82-87(93)83-105-109(99,100)106-85-88(107-91(96)79-76-73-70-67-64-61-58-55-52-48-36-33-30-27-24-21-18-15-12-9-6-3)84-102-90(95)78-75-72-69-66-63-60-57-54-50-47-35-32-29-26-23-20-17-14-11-8-5-2/h7-12,16-21,25-30,34-37,39-40,47-48,54-55,57-58,86-88,92-93H,4-6,13-15,22-24,31-33,38,41-46,49-53,56,59-85H2,1-3H3,(H,97,98)(H,99,100)/b10-7-,11-8-,12-9-,19-16-,20-17-,21-18-,28-25-,29-26-,30-27-,37-34-,40-39-,47-35-,48-36-,57-54-,58-55-. The SMILES string of the molecule is CC/C=C\C/C=C\C/C=C\C/C=C\C/C=C\CCCCCCCCCCCCCCCCCC(=O)OCC(O)COP(=O)(O)OCC(O)COP(=O)(O)OCC(COC(=O)CCCCCCC/C=C\C/C=C\C/C=C\C/C=C\C/C=C\CC)OC(=O)CCCCCCC/C=C\C/C=C\C/C=C\C/C=C\C/C=C\CC. The van der Waals surface area contributed by atoms with Gasteiger partial charge < -0.3 is 34.2 Å². The molecule has 0 amide bonds. The summed E-state index contributed by atoms with van der Waals surface area (Å²) in [6.45, 7) is 2.30. The molecule has 0 saturated carbocycles. The van der Waals surface area contributed by atoms with Gasteiger partial charge in [-0.25, -0.2) is 9.13 Å². The highest BCUT2D eigenvalue weighted by Gasteiger charge is 2.29. The summed E-state index contributed by atoms with van der Waals surface area (Å²) in [6.07, 6.45) is 106. The summed E-state index contributed by atoms with van der Waals surface area (Å²) >= 11 is 0. The molecule has 0 aliphatic heterocycles. The highest BCUT2D eigenvalue weighted by Crippen LogP contribution is 2.45. The summed E-state index contributed by atoms with van der Waals surface area (Å²) in [5, 5.41) is 20.7. The van der Waals surface area contributed by atoms with E-state index in [9.17, 15) is 43.5 Å². The number of hydrogen-bond acceptors (Lipinski definition) is 14. The molecule has 0 aliphatic carbocycles. The number of carbonyl (C=O) groups excluding carboxylic acids is 3. The van der Waals surface area contributed by atoms with E-state index in [1.165, 1.54) is 77.0 Å². The van der Waals surface area contributed by atoms with E-state index < -0.39 is 91.5 Å². The molecule has 16 nitrogen and oxygen atoms in total. The van der Waals surface area contributed by atoms with Gasteiger partial charge in [0, 0.05) is 19.3 Å². The lowest BCUT2D eigenvalue weighted by molar-refractivity contribution is -0.161. The Hall–Kier alpha value is -5.35. The Labute approximate surface area is 662 Å². The molecule has 0 aliphatic rings. The van der Waals surface area contributed by atoms with E-state index in [2.05, 4.69) is 203 Å². The van der Waals surface area contributed by atoms with E-state index in [0.29, 0.717) is 19.3 Å². The van der Waals surface area contributed by atoms with Gasteiger partial charge in [0.05, 0.1) is 26.4 Å². The zero-order chi connectivity index (χ0) is 79.4. The largest absolute Gasteiger partial charge is 0.472 e. The van der Waals surface area contributed by atoms with Crippen LogP contribution in [0.2, 0.25) is 0 Å². The van der Waals surface area contributed by atoms with E-state index in [1.807, 2.05) is 0 Å². The Morgan fingerprint density at radius 3 is 0.725 bits per heavy atom. The Kier molecular flexibility index (Phi) is 78.1. The fraction of sp³-hybridized carbons (Fsp3) is 0.637. The van der Waals surface area contributed by atoms with Gasteiger partial charge in [-0.1, -0.05) is 325 Å². The van der Waals surface area contributed by atoms with E-state index in [4.69, 9.17) is 32.3 Å². The Morgan fingerprint density at radius 2 is 0.459 bits per heavy atom. The van der Waals surface area contributed by atoms with Crippen LogP contribution < -0.4 is 0 Å². The molecule has 5 unspecified atom stereocenters. The van der Waals surface area contributed by atoms with Crippen LogP contribution in [0.5, 0.6) is 0 Å². The van der Waals surface area contributed by atoms with E-state index in [0.717, 1.165) is 180 Å². The van der Waals surface area contributed by atoms with Gasteiger partial charge in [0.25, 0.3) is 0 Å². The maximum absolute atomic E-state index is 13.0. The molecular formula is C91H150O16P2. The normalized spacial score (nSPS) is 14.8. The minimum absolute atomic E-state index is 0.0711. The summed E-state index contributed by atoms with van der Waals surface area (Å²) in [7, 11) is -9.82. The van der Waals surface area contributed by atoms with Crippen LogP contribution in [0.1, 0.15) is 316 Å². The average Bonchev–Trinajstić information content (AvgIpc) is 0.903. The van der Waals surface area contributed by atoms with Crippen molar-refractivity contribution < 1.29 is 75.8 Å². The van der Waals surface area contributed by atoms with Crippen molar-refractivity contribution >= 4 is 33.6 Å². The molecule has 0 fully saturated rings. The predicted octanol–water partition coefficient (Wildman–Crippen LogP) is 25.3. The molecule has 109 heavy (non-hydrogen) atoms. The van der Waals surface area contributed by atoms with Crippen molar-refractivity contribution in [3.8, 4) is 0 Å². The smallest absolute Gasteiger partial charge is 0.463 e. The minimum atomic E-state index is -4.95. The van der Waals surface area contributed by atoms with Crippen LogP contribution in [0.25, 0.3) is 0 Å². The van der Waals surface area contributed by atoms with Gasteiger partial charge in [-0.15, -0.1) is 0 Å². The number of aliphatic hydroxyl groups excluding tert-OH is 2. The number of aliphatic hydroxyl groups is 2. The first-order valence-corrected chi connectivity index (χ1v) is 45.1. The lowest BCUT2D eigenvalue weighted by Crippen LogP contribution is -2.30. The molecule has 18 heteroatoms. The van der Waals surface area contributed by atoms with Gasteiger partial charge >= 0.3 is 33.6 Å². The molecule has 0 spiro atoms.